The number of alkyl halides is 6. The van der Waals surface area contributed by atoms with Crippen molar-refractivity contribution in [3.8, 4) is 17.7 Å². The number of pyridine rings is 1. The molecule has 0 aliphatic carbocycles. The van der Waals surface area contributed by atoms with E-state index in [9.17, 15) is 41.3 Å². The first-order chi connectivity index (χ1) is 19.4. The number of benzene rings is 1. The van der Waals surface area contributed by atoms with Crippen LogP contribution in [0.15, 0.2) is 42.6 Å². The molecule has 42 heavy (non-hydrogen) atoms. The predicted octanol–water partition coefficient (Wildman–Crippen LogP) is 3.43. The number of nitro groups is 1. The van der Waals surface area contributed by atoms with Crippen LogP contribution in [0.1, 0.15) is 18.4 Å². The van der Waals surface area contributed by atoms with E-state index in [0.717, 1.165) is 18.2 Å². The Morgan fingerprint density at radius 1 is 1.10 bits per heavy atom. The Hall–Kier alpha value is -4.99. The number of hydrogen-bond donors (Lipinski definition) is 3. The Morgan fingerprint density at radius 3 is 2.02 bits per heavy atom. The van der Waals surface area contributed by atoms with Gasteiger partial charge in [0.1, 0.15) is 18.0 Å². The van der Waals surface area contributed by atoms with Gasteiger partial charge in [-0.3, -0.25) is 14.9 Å². The lowest BCUT2D eigenvalue weighted by molar-refractivity contribution is -0.385. The molecule has 1 aromatic carbocycles. The van der Waals surface area contributed by atoms with E-state index in [1.807, 2.05) is 0 Å². The molecule has 0 saturated carbocycles. The van der Waals surface area contributed by atoms with Crippen LogP contribution in [0, 0.1) is 21.4 Å². The molecule has 0 spiro atoms. The van der Waals surface area contributed by atoms with Gasteiger partial charge >= 0.3 is 24.3 Å². The van der Waals surface area contributed by atoms with Gasteiger partial charge in [-0.05, 0) is 37.0 Å². The highest BCUT2D eigenvalue weighted by Crippen LogP contribution is 2.23. The minimum absolute atomic E-state index is 0.113. The molecule has 2 aromatic rings. The molecule has 1 saturated heterocycles. The van der Waals surface area contributed by atoms with Crippen LogP contribution >= 0.6 is 0 Å². The molecule has 0 unspecified atom stereocenters. The lowest BCUT2D eigenvalue weighted by atomic mass is 10.1. The summed E-state index contributed by atoms with van der Waals surface area (Å²) in [7, 11) is 0. The lowest BCUT2D eigenvalue weighted by Gasteiger charge is -2.23. The van der Waals surface area contributed by atoms with Crippen molar-refractivity contribution in [1.82, 2.24) is 9.88 Å². The fraction of sp³-hybridized carbons (Fsp3) is 0.348. The minimum atomic E-state index is -5.08. The normalized spacial score (nSPS) is 15.1. The highest BCUT2D eigenvalue weighted by atomic mass is 19.4. The zero-order chi connectivity index (χ0) is 32.3. The fourth-order valence-electron chi connectivity index (χ4n) is 3.07. The third-order valence-electron chi connectivity index (χ3n) is 5.02. The van der Waals surface area contributed by atoms with Gasteiger partial charge in [-0.15, -0.1) is 0 Å². The van der Waals surface area contributed by atoms with Crippen molar-refractivity contribution in [3.63, 3.8) is 0 Å². The molecule has 13 nitrogen and oxygen atoms in total. The number of ether oxygens (including phenoxy) is 1. The SMILES string of the molecule is N#C[C@@H]1CCCN1C(=O)[C@@H](N)Cc1ccc(Oc2ccc([N+](=O)[O-])cn2)cc1.O=C(O)C(F)(F)F.O=C(O)C(F)(F)F. The topological polar surface area (TPSA) is 210 Å². The molecule has 1 amide bonds. The van der Waals surface area contributed by atoms with Crippen LogP contribution in [0.2, 0.25) is 0 Å². The summed E-state index contributed by atoms with van der Waals surface area (Å²) < 4.78 is 69.0. The van der Waals surface area contributed by atoms with Crippen LogP contribution < -0.4 is 10.5 Å². The Bertz CT molecular complexity index is 1260. The number of carboxylic acid groups (broad SMARTS) is 2. The molecule has 1 aromatic heterocycles. The molecule has 228 valence electrons. The van der Waals surface area contributed by atoms with Gasteiger partial charge in [0, 0.05) is 18.7 Å². The average molecular weight is 609 g/mol. The van der Waals surface area contributed by atoms with Crippen LogP contribution in [0.25, 0.3) is 0 Å². The minimum Gasteiger partial charge on any atom is -0.475 e. The number of aliphatic carboxylic acids is 2. The van der Waals surface area contributed by atoms with E-state index in [4.69, 9.17) is 35.5 Å². The van der Waals surface area contributed by atoms with Crippen molar-refractivity contribution in [1.29, 1.82) is 5.26 Å². The first-order valence-corrected chi connectivity index (χ1v) is 11.3. The molecule has 19 heteroatoms. The maximum atomic E-state index is 12.5. The first-order valence-electron chi connectivity index (χ1n) is 11.3. The van der Waals surface area contributed by atoms with Crippen molar-refractivity contribution < 1.29 is 60.6 Å². The number of rotatable bonds is 6. The van der Waals surface area contributed by atoms with E-state index in [0.29, 0.717) is 25.1 Å². The first kappa shape index (κ1) is 35.0. The highest BCUT2D eigenvalue weighted by molar-refractivity contribution is 5.83. The monoisotopic (exact) mass is 609 g/mol. The van der Waals surface area contributed by atoms with E-state index in [1.54, 1.807) is 29.2 Å². The number of carbonyl (C=O) groups excluding carboxylic acids is 1. The highest BCUT2D eigenvalue weighted by Gasteiger charge is 2.39. The summed E-state index contributed by atoms with van der Waals surface area (Å²) in [5.41, 5.74) is 6.80. The van der Waals surface area contributed by atoms with E-state index in [-0.39, 0.29) is 23.5 Å². The summed E-state index contributed by atoms with van der Waals surface area (Å²) in [6.45, 7) is 0.569. The lowest BCUT2D eigenvalue weighted by Crippen LogP contribution is -2.46. The number of hydrogen-bond acceptors (Lipinski definition) is 9. The Morgan fingerprint density at radius 2 is 1.62 bits per heavy atom. The van der Waals surface area contributed by atoms with Crippen LogP contribution in [0.5, 0.6) is 11.6 Å². The second-order valence-electron chi connectivity index (χ2n) is 8.09. The van der Waals surface area contributed by atoms with Crippen molar-refractivity contribution in [2.24, 2.45) is 5.73 Å². The number of carboxylic acids is 2. The van der Waals surface area contributed by atoms with Crippen LogP contribution in [0.4, 0.5) is 32.0 Å². The molecule has 3 rings (SSSR count). The number of nitrogens with two attached hydrogens (primary N) is 1. The number of nitrogens with zero attached hydrogens (tertiary/aromatic N) is 4. The van der Waals surface area contributed by atoms with Gasteiger partial charge in [-0.2, -0.15) is 31.6 Å². The maximum absolute atomic E-state index is 12.5. The molecule has 0 radical (unpaired) electrons. The quantitative estimate of drug-likeness (QED) is 0.245. The van der Waals surface area contributed by atoms with Gasteiger partial charge in [-0.1, -0.05) is 12.1 Å². The molecule has 4 N–H and O–H groups in total. The van der Waals surface area contributed by atoms with Crippen LogP contribution in [-0.4, -0.2) is 73.8 Å². The smallest absolute Gasteiger partial charge is 0.475 e. The van der Waals surface area contributed by atoms with Gasteiger partial charge in [0.05, 0.1) is 17.0 Å². The fourth-order valence-corrected chi connectivity index (χ4v) is 3.07. The Kier molecular flexibility index (Phi) is 12.6. The molecule has 1 aliphatic rings. The van der Waals surface area contributed by atoms with Crippen molar-refractivity contribution in [2.45, 2.75) is 43.7 Å². The van der Waals surface area contributed by atoms with E-state index in [2.05, 4.69) is 11.1 Å². The largest absolute Gasteiger partial charge is 0.490 e. The van der Waals surface area contributed by atoms with Gasteiger partial charge in [-0.25, -0.2) is 14.6 Å². The van der Waals surface area contributed by atoms with Crippen molar-refractivity contribution in [2.75, 3.05) is 6.54 Å². The summed E-state index contributed by atoms with van der Waals surface area (Å²) >= 11 is 0. The molecule has 2 atom stereocenters. The van der Waals surface area contributed by atoms with Crippen LogP contribution in [0.3, 0.4) is 0 Å². The average Bonchev–Trinajstić information content (AvgIpc) is 3.38. The molecule has 2 heterocycles. The second kappa shape index (κ2) is 15.1. The number of carbonyl (C=O) groups is 3. The second-order valence-corrected chi connectivity index (χ2v) is 8.09. The number of halogens is 6. The number of aromatic nitrogens is 1. The number of likely N-dealkylation sites (tertiary alicyclic amines) is 1. The van der Waals surface area contributed by atoms with E-state index >= 15 is 0 Å². The van der Waals surface area contributed by atoms with Gasteiger partial charge in [0.15, 0.2) is 0 Å². The van der Waals surface area contributed by atoms with Crippen molar-refractivity contribution >= 4 is 23.5 Å². The standard InChI is InChI=1S/C19H19N5O4.2C2HF3O2/c20-11-14-2-1-9-23(14)19(25)17(21)10-13-3-6-16(7-4-13)28-18-8-5-15(12-22-18)24(26)27;2*3-2(4,5)1(6)7/h3-8,12,14,17H,1-2,9-10,21H2;2*(H,6,7)/t14-,17-;;/m0../s1. The predicted molar refractivity (Wildman–Crippen MR) is 127 cm³/mol. The van der Waals surface area contributed by atoms with Gasteiger partial charge in [0.25, 0.3) is 5.69 Å². The third-order valence-corrected chi connectivity index (χ3v) is 5.02. The van der Waals surface area contributed by atoms with Gasteiger partial charge in [0.2, 0.25) is 11.8 Å². The summed E-state index contributed by atoms with van der Waals surface area (Å²) in [5.74, 6) is -4.98. The van der Waals surface area contributed by atoms with Crippen molar-refractivity contribution in [3.05, 3.63) is 58.3 Å². The number of amides is 1. The number of nitriles is 1. The molecular weight excluding hydrogens is 588 g/mol. The summed E-state index contributed by atoms with van der Waals surface area (Å²) in [5, 5.41) is 34.0. The molecular formula is C23H21F6N5O8. The molecule has 0 bridgehead atoms. The van der Waals surface area contributed by atoms with E-state index in [1.165, 1.54) is 12.1 Å². The maximum Gasteiger partial charge on any atom is 0.490 e. The van der Waals surface area contributed by atoms with Crippen LogP contribution in [-0.2, 0) is 20.8 Å². The third kappa shape index (κ3) is 11.6. The summed E-state index contributed by atoms with van der Waals surface area (Å²) in [6.07, 6.45) is -7.18. The molecule has 1 aliphatic heterocycles. The molecule has 1 fully saturated rings. The Balaban J connectivity index is 0.000000522. The zero-order valence-electron chi connectivity index (χ0n) is 21.0. The van der Waals surface area contributed by atoms with Gasteiger partial charge < -0.3 is 25.6 Å². The zero-order valence-corrected chi connectivity index (χ0v) is 21.0. The summed E-state index contributed by atoms with van der Waals surface area (Å²) in [6, 6.07) is 10.8. The Labute approximate surface area is 231 Å². The van der Waals surface area contributed by atoms with E-state index < -0.39 is 35.3 Å². The summed E-state index contributed by atoms with van der Waals surface area (Å²) in [4.78, 5) is 45.8.